The lowest BCUT2D eigenvalue weighted by molar-refractivity contribution is 0.102. The largest absolute Gasteiger partial charge is 0.489 e. The molecular formula is C16H14N4O2. The lowest BCUT2D eigenvalue weighted by atomic mass is 10.1. The molecule has 6 heteroatoms. The van der Waals surface area contributed by atoms with Gasteiger partial charge in [-0.15, -0.1) is 0 Å². The summed E-state index contributed by atoms with van der Waals surface area (Å²) in [4.78, 5) is 15.8. The zero-order valence-electron chi connectivity index (χ0n) is 11.7. The normalized spacial score (nSPS) is 10.2. The summed E-state index contributed by atoms with van der Waals surface area (Å²) < 4.78 is 5.65. The minimum atomic E-state index is -0.243. The van der Waals surface area contributed by atoms with Crippen LogP contribution in [0.3, 0.4) is 0 Å². The molecule has 0 saturated heterocycles. The van der Waals surface area contributed by atoms with E-state index in [-0.39, 0.29) is 5.91 Å². The van der Waals surface area contributed by atoms with Crippen LogP contribution in [0.5, 0.6) is 5.75 Å². The SMILES string of the molecule is O=C(Nc1ncn[nH]1)c1ccc(COc2ccccc2)cc1. The number of hydrogen-bond acceptors (Lipinski definition) is 4. The van der Waals surface area contributed by atoms with Crippen LogP contribution < -0.4 is 10.1 Å². The van der Waals surface area contributed by atoms with Crippen molar-refractivity contribution in [3.63, 3.8) is 0 Å². The van der Waals surface area contributed by atoms with Crippen LogP contribution >= 0.6 is 0 Å². The van der Waals surface area contributed by atoms with E-state index in [9.17, 15) is 4.79 Å². The maximum atomic E-state index is 12.0. The average molecular weight is 294 g/mol. The molecule has 3 aromatic rings. The summed E-state index contributed by atoms with van der Waals surface area (Å²) in [5.74, 6) is 0.892. The van der Waals surface area contributed by atoms with Gasteiger partial charge in [-0.05, 0) is 29.8 Å². The van der Waals surface area contributed by atoms with Gasteiger partial charge in [0.1, 0.15) is 18.7 Å². The molecule has 2 N–H and O–H groups in total. The summed E-state index contributed by atoms with van der Waals surface area (Å²) >= 11 is 0. The highest BCUT2D eigenvalue weighted by Gasteiger charge is 2.07. The molecule has 0 aliphatic carbocycles. The second-order valence-electron chi connectivity index (χ2n) is 4.59. The number of rotatable bonds is 5. The van der Waals surface area contributed by atoms with Gasteiger partial charge in [0, 0.05) is 5.56 Å². The molecule has 6 nitrogen and oxygen atoms in total. The van der Waals surface area contributed by atoms with Crippen LogP contribution in [0.4, 0.5) is 5.95 Å². The number of aromatic nitrogens is 3. The lowest BCUT2D eigenvalue weighted by Crippen LogP contribution is -2.13. The molecule has 0 saturated carbocycles. The first kappa shape index (κ1) is 13.8. The van der Waals surface area contributed by atoms with Gasteiger partial charge in [-0.3, -0.25) is 10.1 Å². The summed E-state index contributed by atoms with van der Waals surface area (Å²) in [6, 6.07) is 16.8. The van der Waals surface area contributed by atoms with E-state index in [0.717, 1.165) is 11.3 Å². The monoisotopic (exact) mass is 294 g/mol. The Morgan fingerprint density at radius 2 is 1.86 bits per heavy atom. The third-order valence-corrected chi connectivity index (χ3v) is 3.01. The van der Waals surface area contributed by atoms with Gasteiger partial charge in [0.2, 0.25) is 5.95 Å². The minimum absolute atomic E-state index is 0.243. The van der Waals surface area contributed by atoms with Crippen molar-refractivity contribution >= 4 is 11.9 Å². The van der Waals surface area contributed by atoms with E-state index in [1.807, 2.05) is 42.5 Å². The number of anilines is 1. The topological polar surface area (TPSA) is 79.9 Å². The van der Waals surface area contributed by atoms with Gasteiger partial charge in [0.15, 0.2) is 0 Å². The first-order valence-electron chi connectivity index (χ1n) is 6.75. The molecule has 0 unspecified atom stereocenters. The fraction of sp³-hybridized carbons (Fsp3) is 0.0625. The van der Waals surface area contributed by atoms with E-state index in [0.29, 0.717) is 18.1 Å². The number of H-pyrrole nitrogens is 1. The lowest BCUT2D eigenvalue weighted by Gasteiger charge is -2.07. The van der Waals surface area contributed by atoms with Crippen LogP contribution in [0.25, 0.3) is 0 Å². The highest BCUT2D eigenvalue weighted by atomic mass is 16.5. The highest BCUT2D eigenvalue weighted by Crippen LogP contribution is 2.12. The van der Waals surface area contributed by atoms with Crippen LogP contribution in [0.1, 0.15) is 15.9 Å². The number of ether oxygens (including phenoxy) is 1. The second-order valence-corrected chi connectivity index (χ2v) is 4.59. The first-order chi connectivity index (χ1) is 10.8. The highest BCUT2D eigenvalue weighted by molar-refractivity contribution is 6.03. The average Bonchev–Trinajstić information content (AvgIpc) is 3.07. The van der Waals surface area contributed by atoms with Crippen molar-refractivity contribution in [3.05, 3.63) is 72.1 Å². The summed E-state index contributed by atoms with van der Waals surface area (Å²) in [7, 11) is 0. The first-order valence-corrected chi connectivity index (χ1v) is 6.75. The number of benzene rings is 2. The zero-order valence-corrected chi connectivity index (χ0v) is 11.7. The maximum absolute atomic E-state index is 12.0. The quantitative estimate of drug-likeness (QED) is 0.758. The summed E-state index contributed by atoms with van der Waals surface area (Å²) in [5, 5.41) is 8.86. The Morgan fingerprint density at radius 1 is 1.09 bits per heavy atom. The van der Waals surface area contributed by atoms with E-state index in [1.54, 1.807) is 12.1 Å². The molecule has 22 heavy (non-hydrogen) atoms. The van der Waals surface area contributed by atoms with Crippen molar-refractivity contribution in [3.8, 4) is 5.75 Å². The molecule has 3 rings (SSSR count). The molecule has 0 bridgehead atoms. The van der Waals surface area contributed by atoms with Gasteiger partial charge in [0.05, 0.1) is 0 Å². The standard InChI is InChI=1S/C16H14N4O2/c21-15(19-16-17-11-18-20-16)13-8-6-12(7-9-13)10-22-14-4-2-1-3-5-14/h1-9,11H,10H2,(H2,17,18,19,20,21). The predicted octanol–water partition coefficient (Wildman–Crippen LogP) is 2.64. The van der Waals surface area contributed by atoms with Crippen LogP contribution in [-0.4, -0.2) is 21.1 Å². The number of carbonyl (C=O) groups excluding carboxylic acids is 1. The van der Waals surface area contributed by atoms with Gasteiger partial charge in [0.25, 0.3) is 5.91 Å². The Hall–Kier alpha value is -3.15. The van der Waals surface area contributed by atoms with E-state index in [1.165, 1.54) is 6.33 Å². The Morgan fingerprint density at radius 3 is 2.55 bits per heavy atom. The Balaban J connectivity index is 1.59. The number of nitrogens with zero attached hydrogens (tertiary/aromatic N) is 2. The molecule has 0 aliphatic rings. The van der Waals surface area contributed by atoms with E-state index >= 15 is 0 Å². The van der Waals surface area contributed by atoms with Gasteiger partial charge < -0.3 is 4.74 Å². The van der Waals surface area contributed by atoms with Crippen molar-refractivity contribution in [2.75, 3.05) is 5.32 Å². The number of aromatic amines is 1. The summed E-state index contributed by atoms with van der Waals surface area (Å²) in [6.45, 7) is 0.452. The van der Waals surface area contributed by atoms with Crippen LogP contribution in [0.15, 0.2) is 60.9 Å². The Kier molecular flexibility index (Phi) is 4.10. The molecule has 0 radical (unpaired) electrons. The molecule has 0 spiro atoms. The van der Waals surface area contributed by atoms with Crippen LogP contribution in [0, 0.1) is 0 Å². The van der Waals surface area contributed by atoms with Crippen molar-refractivity contribution < 1.29 is 9.53 Å². The van der Waals surface area contributed by atoms with Gasteiger partial charge in [-0.1, -0.05) is 30.3 Å². The predicted molar refractivity (Wildman–Crippen MR) is 81.6 cm³/mol. The maximum Gasteiger partial charge on any atom is 0.258 e. The number of amides is 1. The van der Waals surface area contributed by atoms with Crippen LogP contribution in [-0.2, 0) is 6.61 Å². The summed E-state index contributed by atoms with van der Waals surface area (Å²) in [6.07, 6.45) is 1.33. The van der Waals surface area contributed by atoms with Gasteiger partial charge in [-0.25, -0.2) is 5.10 Å². The fourth-order valence-electron chi connectivity index (χ4n) is 1.88. The van der Waals surface area contributed by atoms with Gasteiger partial charge >= 0.3 is 0 Å². The molecule has 1 heterocycles. The fourth-order valence-corrected chi connectivity index (χ4v) is 1.88. The molecular weight excluding hydrogens is 280 g/mol. The minimum Gasteiger partial charge on any atom is -0.489 e. The molecule has 2 aromatic carbocycles. The molecule has 1 amide bonds. The number of hydrogen-bond donors (Lipinski definition) is 2. The smallest absolute Gasteiger partial charge is 0.258 e. The van der Waals surface area contributed by atoms with Crippen LogP contribution in [0.2, 0.25) is 0 Å². The number of nitrogens with one attached hydrogen (secondary N) is 2. The molecule has 0 fully saturated rings. The molecule has 0 aliphatic heterocycles. The second kappa shape index (κ2) is 6.53. The van der Waals surface area contributed by atoms with E-state index in [2.05, 4.69) is 20.5 Å². The zero-order chi connectivity index (χ0) is 15.2. The number of para-hydroxylation sites is 1. The molecule has 110 valence electrons. The molecule has 1 aromatic heterocycles. The van der Waals surface area contributed by atoms with Crippen molar-refractivity contribution in [2.24, 2.45) is 0 Å². The Bertz CT molecular complexity index is 725. The molecule has 0 atom stereocenters. The third-order valence-electron chi connectivity index (χ3n) is 3.01. The third kappa shape index (κ3) is 3.49. The summed E-state index contributed by atoms with van der Waals surface area (Å²) in [5.41, 5.74) is 1.53. The van der Waals surface area contributed by atoms with Crippen molar-refractivity contribution in [2.45, 2.75) is 6.61 Å². The van der Waals surface area contributed by atoms with Crippen molar-refractivity contribution in [1.29, 1.82) is 0 Å². The van der Waals surface area contributed by atoms with Crippen molar-refractivity contribution in [1.82, 2.24) is 15.2 Å². The van der Waals surface area contributed by atoms with E-state index < -0.39 is 0 Å². The van der Waals surface area contributed by atoms with E-state index in [4.69, 9.17) is 4.74 Å². The Labute approximate surface area is 127 Å². The van der Waals surface area contributed by atoms with Gasteiger partial charge in [-0.2, -0.15) is 10.1 Å². The number of carbonyl (C=O) groups is 1.